The van der Waals surface area contributed by atoms with Gasteiger partial charge >= 0.3 is 0 Å². The number of ether oxygens (including phenoxy) is 2. The average Bonchev–Trinajstić information content (AvgIpc) is 3.30. The second-order valence-corrected chi connectivity index (χ2v) is 10.7. The summed E-state index contributed by atoms with van der Waals surface area (Å²) in [5.74, 6) is 0.668. The number of sulfone groups is 1. The second kappa shape index (κ2) is 11.6. The molecule has 0 fully saturated rings. The monoisotopic (exact) mass is 505 g/mol. The molecule has 0 bridgehead atoms. The molecule has 8 nitrogen and oxygen atoms in total. The van der Waals surface area contributed by atoms with Crippen molar-refractivity contribution in [3.8, 4) is 11.5 Å². The predicted molar refractivity (Wildman–Crippen MR) is 136 cm³/mol. The number of methoxy groups -OCH3 is 2. The summed E-state index contributed by atoms with van der Waals surface area (Å²) < 4.78 is 37.2. The number of nitrogens with zero attached hydrogens (tertiary/aromatic N) is 3. The third-order valence-electron chi connectivity index (χ3n) is 5.65. The van der Waals surface area contributed by atoms with E-state index in [0.717, 1.165) is 17.8 Å². The molecule has 1 amide bonds. The van der Waals surface area contributed by atoms with Gasteiger partial charge in [0.15, 0.2) is 15.0 Å². The summed E-state index contributed by atoms with van der Waals surface area (Å²) in [6.07, 6.45) is -0.139. The van der Waals surface area contributed by atoms with Crippen molar-refractivity contribution in [2.24, 2.45) is 0 Å². The molecule has 0 atom stereocenters. The average molecular weight is 506 g/mol. The molecule has 0 N–H and O–H groups in total. The van der Waals surface area contributed by atoms with Crippen LogP contribution < -0.4 is 14.4 Å². The number of thiazole rings is 1. The van der Waals surface area contributed by atoms with Crippen LogP contribution in [0.1, 0.15) is 20.3 Å². The van der Waals surface area contributed by atoms with E-state index in [1.807, 2.05) is 0 Å². The van der Waals surface area contributed by atoms with E-state index >= 15 is 0 Å². The van der Waals surface area contributed by atoms with Crippen LogP contribution in [0, 0.1) is 0 Å². The summed E-state index contributed by atoms with van der Waals surface area (Å²) in [7, 11) is -0.423. The molecular weight excluding hydrogens is 474 g/mol. The Bertz CT molecular complexity index is 1170. The number of hydrogen-bond acceptors (Lipinski definition) is 8. The number of fused-ring (bicyclic) bond motifs is 1. The zero-order valence-electron chi connectivity index (χ0n) is 20.0. The molecule has 0 radical (unpaired) electrons. The Morgan fingerprint density at radius 1 is 0.971 bits per heavy atom. The third-order valence-corrected chi connectivity index (χ3v) is 8.48. The van der Waals surface area contributed by atoms with Crippen molar-refractivity contribution in [3.05, 3.63) is 42.5 Å². The first-order valence-electron chi connectivity index (χ1n) is 11.2. The lowest BCUT2D eigenvalue weighted by Crippen LogP contribution is -2.39. The van der Waals surface area contributed by atoms with Crippen LogP contribution in [0.15, 0.2) is 47.4 Å². The number of likely N-dealkylation sites (N-methyl/N-ethyl adjacent to an activating group) is 1. The van der Waals surface area contributed by atoms with Crippen molar-refractivity contribution in [2.45, 2.75) is 25.2 Å². The van der Waals surface area contributed by atoms with Crippen LogP contribution in [0.5, 0.6) is 11.5 Å². The number of anilines is 1. The van der Waals surface area contributed by atoms with Crippen molar-refractivity contribution < 1.29 is 22.7 Å². The molecule has 34 heavy (non-hydrogen) atoms. The Balaban J connectivity index is 1.91. The molecule has 2 aromatic carbocycles. The first-order chi connectivity index (χ1) is 16.3. The minimum Gasteiger partial charge on any atom is -0.495 e. The van der Waals surface area contributed by atoms with E-state index in [0.29, 0.717) is 35.2 Å². The largest absolute Gasteiger partial charge is 0.495 e. The van der Waals surface area contributed by atoms with Gasteiger partial charge in [0.2, 0.25) is 5.91 Å². The van der Waals surface area contributed by atoms with Crippen LogP contribution in [0.3, 0.4) is 0 Å². The molecule has 0 spiro atoms. The molecule has 1 heterocycles. The van der Waals surface area contributed by atoms with Gasteiger partial charge in [-0.25, -0.2) is 13.4 Å². The van der Waals surface area contributed by atoms with Gasteiger partial charge in [0.25, 0.3) is 0 Å². The van der Waals surface area contributed by atoms with Gasteiger partial charge in [0, 0.05) is 19.5 Å². The fourth-order valence-electron chi connectivity index (χ4n) is 3.60. The summed E-state index contributed by atoms with van der Waals surface area (Å²) in [5, 5.41) is 0.493. The molecule has 0 unspecified atom stereocenters. The summed E-state index contributed by atoms with van der Waals surface area (Å²) in [6, 6.07) is 11.8. The van der Waals surface area contributed by atoms with Gasteiger partial charge in [-0.05, 0) is 37.4 Å². The molecule has 10 heteroatoms. The number of rotatable bonds is 12. The van der Waals surface area contributed by atoms with Crippen molar-refractivity contribution in [1.29, 1.82) is 0 Å². The number of benzene rings is 2. The number of carbonyl (C=O) groups excluding carboxylic acids is 1. The highest BCUT2D eigenvalue weighted by Gasteiger charge is 2.25. The summed E-state index contributed by atoms with van der Waals surface area (Å²) in [5.41, 5.74) is 0.611. The molecule has 1 aromatic heterocycles. The van der Waals surface area contributed by atoms with Crippen molar-refractivity contribution >= 4 is 42.4 Å². The van der Waals surface area contributed by atoms with Gasteiger partial charge in [-0.3, -0.25) is 9.69 Å². The van der Waals surface area contributed by atoms with Crippen LogP contribution >= 0.6 is 11.3 Å². The van der Waals surface area contributed by atoms with Crippen LogP contribution in [0.4, 0.5) is 5.13 Å². The fourth-order valence-corrected chi connectivity index (χ4v) is 5.97. The van der Waals surface area contributed by atoms with E-state index in [-0.39, 0.29) is 23.0 Å². The molecule has 3 rings (SSSR count). The van der Waals surface area contributed by atoms with Crippen molar-refractivity contribution in [1.82, 2.24) is 9.88 Å². The first kappa shape index (κ1) is 25.9. The highest BCUT2D eigenvalue weighted by atomic mass is 32.2. The maximum absolute atomic E-state index is 13.3. The van der Waals surface area contributed by atoms with E-state index in [9.17, 15) is 13.2 Å². The first-order valence-corrected chi connectivity index (χ1v) is 13.6. The smallest absolute Gasteiger partial charge is 0.229 e. The Morgan fingerprint density at radius 3 is 2.24 bits per heavy atom. The standard InChI is InChI=1S/C24H31N3O5S2/c1-5-26(6-2)15-16-27(21(28)14-17-34(29,30)18-10-8-7-9-11-18)24-25-22-19(31-3)12-13-20(32-4)23(22)33-24/h7-13H,5-6,14-17H2,1-4H3. The quantitative estimate of drug-likeness (QED) is 0.369. The van der Waals surface area contributed by atoms with E-state index < -0.39 is 9.84 Å². The predicted octanol–water partition coefficient (Wildman–Crippen LogP) is 3.85. The maximum atomic E-state index is 13.3. The van der Waals surface area contributed by atoms with Gasteiger partial charge in [-0.15, -0.1) is 0 Å². The molecule has 0 aliphatic rings. The Hall–Kier alpha value is -2.69. The number of amides is 1. The van der Waals surface area contributed by atoms with Crippen molar-refractivity contribution in [2.75, 3.05) is 51.1 Å². The lowest BCUT2D eigenvalue weighted by molar-refractivity contribution is -0.118. The Morgan fingerprint density at radius 2 is 1.62 bits per heavy atom. The summed E-state index contributed by atoms with van der Waals surface area (Å²) >= 11 is 1.33. The molecule has 184 valence electrons. The summed E-state index contributed by atoms with van der Waals surface area (Å²) in [6.45, 7) is 6.88. The topological polar surface area (TPSA) is 89.0 Å². The van der Waals surface area contributed by atoms with E-state index in [1.165, 1.54) is 11.3 Å². The van der Waals surface area contributed by atoms with Gasteiger partial charge in [0.1, 0.15) is 21.7 Å². The highest BCUT2D eigenvalue weighted by molar-refractivity contribution is 7.91. The molecule has 3 aromatic rings. The molecular formula is C24H31N3O5S2. The summed E-state index contributed by atoms with van der Waals surface area (Å²) in [4.78, 5) is 22.0. The molecule has 0 aliphatic heterocycles. The second-order valence-electron chi connectivity index (χ2n) is 7.60. The van der Waals surface area contributed by atoms with E-state index in [2.05, 4.69) is 18.7 Å². The maximum Gasteiger partial charge on any atom is 0.229 e. The SMILES string of the molecule is CCN(CC)CCN(C(=O)CCS(=O)(=O)c1ccccc1)c1nc2c(OC)ccc(OC)c2s1. The van der Waals surface area contributed by atoms with Crippen LogP contribution in [-0.2, 0) is 14.6 Å². The van der Waals surface area contributed by atoms with Gasteiger partial charge in [-0.1, -0.05) is 43.4 Å². The zero-order chi connectivity index (χ0) is 24.7. The lowest BCUT2D eigenvalue weighted by atomic mass is 10.3. The van der Waals surface area contributed by atoms with Crippen LogP contribution in [0.25, 0.3) is 10.2 Å². The Labute approximate surface area is 205 Å². The minimum absolute atomic E-state index is 0.139. The van der Waals surface area contributed by atoms with Gasteiger partial charge in [0.05, 0.1) is 24.9 Å². The normalized spacial score (nSPS) is 11.7. The number of aromatic nitrogens is 1. The molecule has 0 aliphatic carbocycles. The highest BCUT2D eigenvalue weighted by Crippen LogP contribution is 2.40. The lowest BCUT2D eigenvalue weighted by Gasteiger charge is -2.24. The molecule has 0 saturated carbocycles. The van der Waals surface area contributed by atoms with Gasteiger partial charge < -0.3 is 14.4 Å². The number of hydrogen-bond donors (Lipinski definition) is 0. The molecule has 0 saturated heterocycles. The minimum atomic E-state index is -3.57. The van der Waals surface area contributed by atoms with Gasteiger partial charge in [-0.2, -0.15) is 0 Å². The van der Waals surface area contributed by atoms with Crippen LogP contribution in [0.2, 0.25) is 0 Å². The fraction of sp³-hybridized carbons (Fsp3) is 0.417. The zero-order valence-corrected chi connectivity index (χ0v) is 21.6. The number of carbonyl (C=O) groups is 1. The van der Waals surface area contributed by atoms with Crippen molar-refractivity contribution in [3.63, 3.8) is 0 Å². The Kier molecular flexibility index (Phi) is 8.87. The van der Waals surface area contributed by atoms with E-state index in [4.69, 9.17) is 14.5 Å². The van der Waals surface area contributed by atoms with Crippen LogP contribution in [-0.4, -0.2) is 70.4 Å². The van der Waals surface area contributed by atoms with E-state index in [1.54, 1.807) is 61.6 Å². The third kappa shape index (κ3) is 5.86.